The van der Waals surface area contributed by atoms with Crippen LogP contribution in [-0.4, -0.2) is 41.8 Å². The van der Waals surface area contributed by atoms with Gasteiger partial charge in [-0.3, -0.25) is 14.3 Å². The molecular formula is C12H16N6O3. The highest BCUT2D eigenvalue weighted by atomic mass is 16.4. The summed E-state index contributed by atoms with van der Waals surface area (Å²) in [5.74, 6) is -1.45. The second-order valence-corrected chi connectivity index (χ2v) is 4.51. The zero-order chi connectivity index (χ0) is 15.4. The van der Waals surface area contributed by atoms with Gasteiger partial charge in [0, 0.05) is 25.4 Å². The average Bonchev–Trinajstić information content (AvgIpc) is 3.01. The zero-order valence-corrected chi connectivity index (χ0v) is 11.8. The Kier molecular flexibility index (Phi) is 4.31. The molecule has 2 aromatic rings. The molecule has 0 aliphatic rings. The first-order valence-electron chi connectivity index (χ1n) is 6.41. The van der Waals surface area contributed by atoms with Crippen molar-refractivity contribution in [3.05, 3.63) is 29.3 Å². The lowest BCUT2D eigenvalue weighted by molar-refractivity contribution is -0.137. The fourth-order valence-electron chi connectivity index (χ4n) is 1.91. The van der Waals surface area contributed by atoms with Crippen molar-refractivity contribution in [1.82, 2.24) is 30.1 Å². The summed E-state index contributed by atoms with van der Waals surface area (Å²) in [6.07, 6.45) is 3.93. The summed E-state index contributed by atoms with van der Waals surface area (Å²) >= 11 is 0. The molecule has 2 rings (SSSR count). The van der Waals surface area contributed by atoms with Gasteiger partial charge < -0.3 is 10.4 Å². The van der Waals surface area contributed by atoms with Crippen LogP contribution in [0.15, 0.2) is 12.4 Å². The lowest BCUT2D eigenvalue weighted by atomic mass is 10.2. The number of carbonyl (C=O) groups excluding carboxylic acids is 1. The van der Waals surface area contributed by atoms with Gasteiger partial charge in [-0.1, -0.05) is 12.1 Å². The molecule has 2 N–H and O–H groups in total. The van der Waals surface area contributed by atoms with Crippen LogP contribution in [0.3, 0.4) is 0 Å². The number of carboxylic acids is 1. The first-order valence-corrected chi connectivity index (χ1v) is 6.41. The SMILES string of the molecule is CCc1nn(C)cc1CNC(=O)c1cn(CC(=O)O)nn1. The van der Waals surface area contributed by atoms with Gasteiger partial charge >= 0.3 is 5.97 Å². The third-order valence-electron chi connectivity index (χ3n) is 2.83. The number of aliphatic carboxylic acids is 1. The van der Waals surface area contributed by atoms with Gasteiger partial charge in [0.05, 0.1) is 11.9 Å². The second kappa shape index (κ2) is 6.16. The standard InChI is InChI=1S/C12H16N6O3/c1-3-9-8(5-17(2)15-9)4-13-12(21)10-6-18(16-14-10)7-11(19)20/h5-6H,3-4,7H2,1-2H3,(H,13,21)(H,19,20). The van der Waals surface area contributed by atoms with Crippen molar-refractivity contribution in [2.45, 2.75) is 26.4 Å². The Hall–Kier alpha value is -2.71. The molecule has 0 saturated heterocycles. The summed E-state index contributed by atoms with van der Waals surface area (Å²) in [5.41, 5.74) is 1.94. The van der Waals surface area contributed by atoms with Crippen molar-refractivity contribution >= 4 is 11.9 Å². The van der Waals surface area contributed by atoms with E-state index in [1.165, 1.54) is 6.20 Å². The van der Waals surface area contributed by atoms with E-state index in [1.807, 2.05) is 20.2 Å². The summed E-state index contributed by atoms with van der Waals surface area (Å²) in [4.78, 5) is 22.5. The number of carboxylic acid groups (broad SMARTS) is 1. The smallest absolute Gasteiger partial charge is 0.325 e. The van der Waals surface area contributed by atoms with Crippen molar-refractivity contribution in [1.29, 1.82) is 0 Å². The van der Waals surface area contributed by atoms with E-state index in [2.05, 4.69) is 20.7 Å². The zero-order valence-electron chi connectivity index (χ0n) is 11.8. The van der Waals surface area contributed by atoms with Crippen molar-refractivity contribution in [3.8, 4) is 0 Å². The van der Waals surface area contributed by atoms with Gasteiger partial charge in [0.2, 0.25) is 0 Å². The molecule has 0 spiro atoms. The van der Waals surface area contributed by atoms with Crippen molar-refractivity contribution in [2.75, 3.05) is 0 Å². The van der Waals surface area contributed by atoms with E-state index >= 15 is 0 Å². The molecule has 9 heteroatoms. The molecular weight excluding hydrogens is 276 g/mol. The summed E-state index contributed by atoms with van der Waals surface area (Å²) in [7, 11) is 1.82. The quantitative estimate of drug-likeness (QED) is 0.748. The van der Waals surface area contributed by atoms with Gasteiger partial charge in [-0.05, 0) is 6.42 Å². The van der Waals surface area contributed by atoms with Gasteiger partial charge in [0.25, 0.3) is 5.91 Å². The molecule has 0 saturated carbocycles. The Labute approximate surface area is 120 Å². The normalized spacial score (nSPS) is 10.6. The largest absolute Gasteiger partial charge is 0.480 e. The first-order chi connectivity index (χ1) is 9.99. The third kappa shape index (κ3) is 3.65. The van der Waals surface area contributed by atoms with Crippen LogP contribution in [0.2, 0.25) is 0 Å². The van der Waals surface area contributed by atoms with Gasteiger partial charge in [-0.2, -0.15) is 5.10 Å². The van der Waals surface area contributed by atoms with Crippen LogP contribution in [0.5, 0.6) is 0 Å². The molecule has 0 atom stereocenters. The maximum Gasteiger partial charge on any atom is 0.325 e. The van der Waals surface area contributed by atoms with E-state index in [4.69, 9.17) is 5.11 Å². The minimum Gasteiger partial charge on any atom is -0.480 e. The first kappa shape index (κ1) is 14.7. The summed E-state index contributed by atoms with van der Waals surface area (Å²) in [6.45, 7) is 2.00. The number of hydrogen-bond donors (Lipinski definition) is 2. The topological polar surface area (TPSA) is 115 Å². The Balaban J connectivity index is 1.98. The lowest BCUT2D eigenvalue weighted by Crippen LogP contribution is -2.23. The van der Waals surface area contributed by atoms with E-state index in [1.54, 1.807) is 4.68 Å². The van der Waals surface area contributed by atoms with Gasteiger partial charge in [0.15, 0.2) is 5.69 Å². The molecule has 0 aliphatic heterocycles. The van der Waals surface area contributed by atoms with Crippen LogP contribution >= 0.6 is 0 Å². The van der Waals surface area contributed by atoms with Crippen molar-refractivity contribution in [2.24, 2.45) is 7.05 Å². The Morgan fingerprint density at radius 3 is 2.81 bits per heavy atom. The molecule has 0 radical (unpaired) electrons. The second-order valence-electron chi connectivity index (χ2n) is 4.51. The van der Waals surface area contributed by atoms with E-state index in [9.17, 15) is 9.59 Å². The van der Waals surface area contributed by atoms with E-state index < -0.39 is 11.9 Å². The van der Waals surface area contributed by atoms with E-state index in [0.29, 0.717) is 6.54 Å². The number of nitrogens with zero attached hydrogens (tertiary/aromatic N) is 5. The number of rotatable bonds is 6. The summed E-state index contributed by atoms with van der Waals surface area (Å²) in [5, 5.41) is 22.9. The number of nitrogens with one attached hydrogen (secondary N) is 1. The van der Waals surface area contributed by atoms with Crippen LogP contribution in [-0.2, 0) is 31.4 Å². The Morgan fingerprint density at radius 1 is 1.38 bits per heavy atom. The molecule has 0 unspecified atom stereocenters. The summed E-state index contributed by atoms with van der Waals surface area (Å²) < 4.78 is 2.79. The number of aromatic nitrogens is 5. The lowest BCUT2D eigenvalue weighted by Gasteiger charge is -2.02. The van der Waals surface area contributed by atoms with Crippen molar-refractivity contribution < 1.29 is 14.7 Å². The highest BCUT2D eigenvalue weighted by Gasteiger charge is 2.13. The predicted octanol–water partition coefficient (Wildman–Crippen LogP) is -0.411. The highest BCUT2D eigenvalue weighted by molar-refractivity contribution is 5.91. The minimum absolute atomic E-state index is 0.0817. The highest BCUT2D eigenvalue weighted by Crippen LogP contribution is 2.07. The fourth-order valence-corrected chi connectivity index (χ4v) is 1.91. The monoisotopic (exact) mass is 292 g/mol. The van der Waals surface area contributed by atoms with Gasteiger partial charge in [0.1, 0.15) is 6.54 Å². The maximum absolute atomic E-state index is 11.9. The van der Waals surface area contributed by atoms with Crippen LogP contribution < -0.4 is 5.32 Å². The number of carbonyl (C=O) groups is 2. The van der Waals surface area contributed by atoms with Gasteiger partial charge in [-0.15, -0.1) is 5.10 Å². The molecule has 0 fully saturated rings. The molecule has 0 aromatic carbocycles. The molecule has 0 bridgehead atoms. The molecule has 21 heavy (non-hydrogen) atoms. The predicted molar refractivity (Wildman–Crippen MR) is 71.4 cm³/mol. The van der Waals surface area contributed by atoms with Crippen LogP contribution in [0.25, 0.3) is 0 Å². The third-order valence-corrected chi connectivity index (χ3v) is 2.83. The molecule has 0 aliphatic carbocycles. The molecule has 9 nitrogen and oxygen atoms in total. The Morgan fingerprint density at radius 2 is 2.14 bits per heavy atom. The molecule has 2 heterocycles. The molecule has 112 valence electrons. The maximum atomic E-state index is 11.9. The van der Waals surface area contributed by atoms with Crippen LogP contribution in [0.4, 0.5) is 0 Å². The van der Waals surface area contributed by atoms with Crippen molar-refractivity contribution in [3.63, 3.8) is 0 Å². The number of aryl methyl sites for hydroxylation is 2. The number of hydrogen-bond acceptors (Lipinski definition) is 5. The minimum atomic E-state index is -1.05. The Bertz CT molecular complexity index is 660. The summed E-state index contributed by atoms with van der Waals surface area (Å²) in [6, 6.07) is 0. The van der Waals surface area contributed by atoms with E-state index in [-0.39, 0.29) is 12.2 Å². The van der Waals surface area contributed by atoms with Crippen LogP contribution in [0, 0.1) is 0 Å². The fraction of sp³-hybridized carbons (Fsp3) is 0.417. The van der Waals surface area contributed by atoms with Crippen LogP contribution in [0.1, 0.15) is 28.7 Å². The van der Waals surface area contributed by atoms with Gasteiger partial charge in [-0.25, -0.2) is 4.68 Å². The van der Waals surface area contributed by atoms with E-state index in [0.717, 1.165) is 22.4 Å². The average molecular weight is 292 g/mol. The molecule has 2 aromatic heterocycles. The molecule has 1 amide bonds. The number of amides is 1.